The number of aryl methyl sites for hydroxylation is 1. The zero-order chi connectivity index (χ0) is 22.8. The molecule has 4 atom stereocenters. The van der Waals surface area contributed by atoms with Crippen molar-refractivity contribution in [3.05, 3.63) is 53.3 Å². The maximum absolute atomic E-state index is 12.4. The number of carbonyl (C=O) groups is 2. The molecule has 0 amide bonds. The van der Waals surface area contributed by atoms with Crippen LogP contribution in [0.2, 0.25) is 0 Å². The molecule has 2 saturated carbocycles. The Bertz CT molecular complexity index is 1020. The SMILES string of the molecule is CC(=O)Oc1cc(OCCCc2cccnc2)cc2c1[C@H]1CC(=O)CC[C@@H]1[C@@H]1CCCC[C@H]21. The van der Waals surface area contributed by atoms with Crippen molar-refractivity contribution in [1.82, 2.24) is 4.98 Å². The van der Waals surface area contributed by atoms with E-state index in [1.807, 2.05) is 18.3 Å². The summed E-state index contributed by atoms with van der Waals surface area (Å²) in [6, 6.07) is 8.10. The number of nitrogens with zero attached hydrogens (tertiary/aromatic N) is 1. The largest absolute Gasteiger partial charge is 0.493 e. The first-order chi connectivity index (χ1) is 16.1. The second-order valence-electron chi connectivity index (χ2n) is 9.94. The molecule has 1 heterocycles. The van der Waals surface area contributed by atoms with Gasteiger partial charge < -0.3 is 9.47 Å². The number of rotatable bonds is 6. The highest BCUT2D eigenvalue weighted by Gasteiger charge is 2.47. The summed E-state index contributed by atoms with van der Waals surface area (Å²) in [4.78, 5) is 28.6. The van der Waals surface area contributed by atoms with Crippen LogP contribution in [0.15, 0.2) is 36.7 Å². The van der Waals surface area contributed by atoms with Gasteiger partial charge in [-0.1, -0.05) is 18.9 Å². The fourth-order valence-electron chi connectivity index (χ4n) is 6.57. The van der Waals surface area contributed by atoms with Crippen LogP contribution in [0.4, 0.5) is 0 Å². The number of ketones is 1. The number of carbonyl (C=O) groups excluding carboxylic acids is 2. The van der Waals surface area contributed by atoms with Crippen molar-refractivity contribution in [1.29, 1.82) is 0 Å². The van der Waals surface area contributed by atoms with Gasteiger partial charge in [0.1, 0.15) is 17.3 Å². The summed E-state index contributed by atoms with van der Waals surface area (Å²) in [6.07, 6.45) is 12.6. The van der Waals surface area contributed by atoms with Crippen LogP contribution in [0.1, 0.15) is 86.8 Å². The van der Waals surface area contributed by atoms with Gasteiger partial charge in [-0.2, -0.15) is 0 Å². The topological polar surface area (TPSA) is 65.5 Å². The third-order valence-corrected chi connectivity index (χ3v) is 7.86. The molecule has 33 heavy (non-hydrogen) atoms. The first-order valence-electron chi connectivity index (χ1n) is 12.5. The third-order valence-electron chi connectivity index (χ3n) is 7.86. The Morgan fingerprint density at radius 2 is 1.97 bits per heavy atom. The number of aromatic nitrogens is 1. The van der Waals surface area contributed by atoms with Crippen LogP contribution in [0.3, 0.4) is 0 Å². The zero-order valence-corrected chi connectivity index (χ0v) is 19.4. The quantitative estimate of drug-likeness (QED) is 0.320. The number of hydrogen-bond acceptors (Lipinski definition) is 5. The molecular weight excluding hydrogens is 414 g/mol. The summed E-state index contributed by atoms with van der Waals surface area (Å²) < 4.78 is 11.9. The van der Waals surface area contributed by atoms with E-state index in [2.05, 4.69) is 17.1 Å². The van der Waals surface area contributed by atoms with Gasteiger partial charge in [0.15, 0.2) is 0 Å². The van der Waals surface area contributed by atoms with Crippen LogP contribution < -0.4 is 9.47 Å². The number of fused-ring (bicyclic) bond motifs is 6. The molecule has 174 valence electrons. The number of benzene rings is 1. The van der Waals surface area contributed by atoms with E-state index in [0.29, 0.717) is 48.7 Å². The van der Waals surface area contributed by atoms with E-state index >= 15 is 0 Å². The predicted octanol–water partition coefficient (Wildman–Crippen LogP) is 5.76. The summed E-state index contributed by atoms with van der Waals surface area (Å²) in [6.45, 7) is 2.04. The van der Waals surface area contributed by atoms with Crippen molar-refractivity contribution < 1.29 is 19.1 Å². The lowest BCUT2D eigenvalue weighted by Gasteiger charge is -2.49. The van der Waals surface area contributed by atoms with Gasteiger partial charge >= 0.3 is 5.97 Å². The normalized spacial score (nSPS) is 26.0. The molecule has 1 aromatic heterocycles. The molecule has 2 aromatic rings. The van der Waals surface area contributed by atoms with Crippen molar-refractivity contribution in [3.8, 4) is 11.5 Å². The fourth-order valence-corrected chi connectivity index (χ4v) is 6.57. The van der Waals surface area contributed by atoms with Crippen molar-refractivity contribution in [2.45, 2.75) is 76.5 Å². The number of Topliss-reactive ketones (excluding diaryl/α,β-unsaturated/α-hetero) is 1. The molecule has 0 aliphatic heterocycles. The lowest BCUT2D eigenvalue weighted by Crippen LogP contribution is -2.39. The highest BCUT2D eigenvalue weighted by atomic mass is 16.5. The number of esters is 1. The maximum Gasteiger partial charge on any atom is 0.308 e. The first-order valence-corrected chi connectivity index (χ1v) is 12.5. The maximum atomic E-state index is 12.4. The average Bonchev–Trinajstić information content (AvgIpc) is 2.82. The van der Waals surface area contributed by atoms with Gasteiger partial charge in [0, 0.05) is 43.8 Å². The molecule has 2 fully saturated rings. The molecule has 0 unspecified atom stereocenters. The van der Waals surface area contributed by atoms with Crippen molar-refractivity contribution in [2.24, 2.45) is 11.8 Å². The summed E-state index contributed by atoms with van der Waals surface area (Å²) >= 11 is 0. The van der Waals surface area contributed by atoms with Gasteiger partial charge in [-0.25, -0.2) is 0 Å². The van der Waals surface area contributed by atoms with E-state index in [9.17, 15) is 9.59 Å². The molecule has 5 heteroatoms. The Balaban J connectivity index is 1.44. The molecule has 3 aliphatic carbocycles. The Morgan fingerprint density at radius 1 is 1.12 bits per heavy atom. The molecule has 5 nitrogen and oxygen atoms in total. The van der Waals surface area contributed by atoms with Gasteiger partial charge in [0.25, 0.3) is 0 Å². The molecule has 3 aliphatic rings. The van der Waals surface area contributed by atoms with E-state index in [-0.39, 0.29) is 11.9 Å². The first kappa shape index (κ1) is 22.1. The van der Waals surface area contributed by atoms with Crippen LogP contribution >= 0.6 is 0 Å². The molecular formula is C28H33NO4. The van der Waals surface area contributed by atoms with E-state index in [1.165, 1.54) is 43.7 Å². The molecule has 1 aromatic carbocycles. The second kappa shape index (κ2) is 9.66. The minimum atomic E-state index is -0.324. The lowest BCUT2D eigenvalue weighted by atomic mass is 9.55. The van der Waals surface area contributed by atoms with Crippen molar-refractivity contribution in [3.63, 3.8) is 0 Å². The van der Waals surface area contributed by atoms with E-state index in [0.717, 1.165) is 30.6 Å². The third kappa shape index (κ3) is 4.68. The summed E-state index contributed by atoms with van der Waals surface area (Å²) in [5, 5.41) is 0. The monoisotopic (exact) mass is 447 g/mol. The van der Waals surface area contributed by atoms with E-state index in [4.69, 9.17) is 9.47 Å². The van der Waals surface area contributed by atoms with Gasteiger partial charge in [0.05, 0.1) is 6.61 Å². The molecule has 0 radical (unpaired) electrons. The summed E-state index contributed by atoms with van der Waals surface area (Å²) in [5.74, 6) is 3.15. The van der Waals surface area contributed by atoms with Gasteiger partial charge in [-0.15, -0.1) is 0 Å². The van der Waals surface area contributed by atoms with Crippen molar-refractivity contribution in [2.75, 3.05) is 6.61 Å². The minimum Gasteiger partial charge on any atom is -0.493 e. The second-order valence-corrected chi connectivity index (χ2v) is 9.94. The Labute approximate surface area is 195 Å². The minimum absolute atomic E-state index is 0.162. The predicted molar refractivity (Wildman–Crippen MR) is 126 cm³/mol. The molecule has 0 bridgehead atoms. The van der Waals surface area contributed by atoms with Crippen LogP contribution in [0.25, 0.3) is 0 Å². The van der Waals surface area contributed by atoms with E-state index < -0.39 is 0 Å². The van der Waals surface area contributed by atoms with Gasteiger partial charge in [-0.05, 0) is 79.0 Å². The molecule has 0 saturated heterocycles. The van der Waals surface area contributed by atoms with Crippen LogP contribution in [0, 0.1) is 11.8 Å². The highest BCUT2D eigenvalue weighted by molar-refractivity contribution is 5.81. The Hall–Kier alpha value is -2.69. The van der Waals surface area contributed by atoms with Crippen LogP contribution in [-0.4, -0.2) is 23.3 Å². The molecule has 5 rings (SSSR count). The lowest BCUT2D eigenvalue weighted by molar-refractivity contribution is -0.132. The smallest absolute Gasteiger partial charge is 0.308 e. The summed E-state index contributed by atoms with van der Waals surface area (Å²) in [7, 11) is 0. The van der Waals surface area contributed by atoms with Gasteiger partial charge in [-0.3, -0.25) is 14.6 Å². The molecule has 0 N–H and O–H groups in total. The Morgan fingerprint density at radius 3 is 2.79 bits per heavy atom. The molecule has 0 spiro atoms. The van der Waals surface area contributed by atoms with Crippen molar-refractivity contribution >= 4 is 11.8 Å². The number of pyridine rings is 1. The average molecular weight is 448 g/mol. The standard InChI is InChI=1S/C28H33NO4/c1-18(30)33-27-16-21(32-13-5-7-19-6-4-12-29-17-19)15-26-23-9-3-2-8-22(23)24-11-10-20(31)14-25(24)28(26)27/h4,6,12,15-17,22-25H,2-3,5,7-11,13-14H2,1H3/t22-,23+,24-,25+/m1/s1. The number of ether oxygens (including phenoxy) is 2. The van der Waals surface area contributed by atoms with Crippen LogP contribution in [0.5, 0.6) is 11.5 Å². The zero-order valence-electron chi connectivity index (χ0n) is 19.4. The van der Waals surface area contributed by atoms with Gasteiger partial charge in [0.2, 0.25) is 0 Å². The fraction of sp³-hybridized carbons (Fsp3) is 0.536. The van der Waals surface area contributed by atoms with Crippen LogP contribution in [-0.2, 0) is 16.0 Å². The highest BCUT2D eigenvalue weighted by Crippen LogP contribution is 2.59. The number of hydrogen-bond donors (Lipinski definition) is 0. The Kier molecular flexibility index (Phi) is 6.48. The summed E-state index contributed by atoms with van der Waals surface area (Å²) in [5.41, 5.74) is 3.57. The van der Waals surface area contributed by atoms with E-state index in [1.54, 1.807) is 6.20 Å².